The lowest BCUT2D eigenvalue weighted by Gasteiger charge is -2.11. The Hall–Kier alpha value is -2.62. The number of aromatic nitrogens is 3. The summed E-state index contributed by atoms with van der Waals surface area (Å²) in [5, 5.41) is 8.45. The van der Waals surface area contributed by atoms with Crippen molar-refractivity contribution in [2.75, 3.05) is 6.54 Å². The molecule has 0 spiro atoms. The number of benzene rings is 1. The number of hydrogen-bond acceptors (Lipinski definition) is 6. The summed E-state index contributed by atoms with van der Waals surface area (Å²) in [7, 11) is 0. The van der Waals surface area contributed by atoms with Gasteiger partial charge in [-0.3, -0.25) is 4.79 Å². The first-order valence-electron chi connectivity index (χ1n) is 8.15. The van der Waals surface area contributed by atoms with Gasteiger partial charge in [0.15, 0.2) is 0 Å². The topological polar surface area (TPSA) is 72.1 Å². The first-order valence-corrected chi connectivity index (χ1v) is 8.97. The van der Waals surface area contributed by atoms with Crippen LogP contribution < -0.4 is 0 Å². The fourth-order valence-electron chi connectivity index (χ4n) is 2.84. The molecule has 2 aromatic heterocycles. The normalized spacial score (nSPS) is 15.1. The summed E-state index contributed by atoms with van der Waals surface area (Å²) < 4.78 is 44.9. The minimum Gasteiger partial charge on any atom is -0.414 e. The number of nitrogens with zero attached hydrogens (tertiary/aromatic N) is 4. The number of rotatable bonds is 4. The highest BCUT2D eigenvalue weighted by Gasteiger charge is 2.33. The lowest BCUT2D eigenvalue weighted by Crippen LogP contribution is -2.23. The van der Waals surface area contributed by atoms with Crippen LogP contribution in [0.5, 0.6) is 0 Å². The highest BCUT2D eigenvalue weighted by molar-refractivity contribution is 7.99. The molecule has 0 atom stereocenters. The van der Waals surface area contributed by atoms with E-state index in [1.165, 1.54) is 6.07 Å². The molecule has 1 aliphatic rings. The van der Waals surface area contributed by atoms with E-state index in [-0.39, 0.29) is 29.1 Å². The minimum atomic E-state index is -4.56. The van der Waals surface area contributed by atoms with Crippen LogP contribution in [-0.4, -0.2) is 32.5 Å². The van der Waals surface area contributed by atoms with Crippen LogP contribution in [-0.2, 0) is 17.5 Å². The van der Waals surface area contributed by atoms with Gasteiger partial charge in [0.25, 0.3) is 5.22 Å². The number of para-hydroxylation sites is 1. The Bertz CT molecular complexity index is 1010. The molecule has 140 valence electrons. The van der Waals surface area contributed by atoms with Crippen molar-refractivity contribution < 1.29 is 22.4 Å². The van der Waals surface area contributed by atoms with Gasteiger partial charge in [-0.2, -0.15) is 13.2 Å². The van der Waals surface area contributed by atoms with Crippen molar-refractivity contribution in [3.63, 3.8) is 0 Å². The monoisotopic (exact) mass is 394 g/mol. The molecule has 0 N–H and O–H groups in total. The highest BCUT2D eigenvalue weighted by Crippen LogP contribution is 2.37. The zero-order valence-corrected chi connectivity index (χ0v) is 14.7. The average Bonchev–Trinajstić information content (AvgIpc) is 3.24. The first-order chi connectivity index (χ1) is 12.9. The molecule has 3 heterocycles. The van der Waals surface area contributed by atoms with E-state index in [1.54, 1.807) is 23.1 Å². The Kier molecular flexibility index (Phi) is 4.50. The van der Waals surface area contributed by atoms with Crippen LogP contribution >= 0.6 is 11.8 Å². The van der Waals surface area contributed by atoms with Crippen LogP contribution in [0.2, 0.25) is 0 Å². The van der Waals surface area contributed by atoms with Crippen LogP contribution in [0.4, 0.5) is 13.2 Å². The molecule has 10 heteroatoms. The van der Waals surface area contributed by atoms with Crippen LogP contribution in [0.1, 0.15) is 24.4 Å². The SMILES string of the molecule is O=C1CCCN1Cc1nnc(Sc2cc(C(F)(F)F)nc3ccccc23)o1. The number of carbonyl (C=O) groups is 1. The molecule has 4 rings (SSSR count). The molecular formula is C17H13F3N4O2S. The fourth-order valence-corrected chi connectivity index (χ4v) is 3.71. The van der Waals surface area contributed by atoms with Gasteiger partial charge in [-0.25, -0.2) is 4.98 Å². The molecule has 0 saturated carbocycles. The molecule has 27 heavy (non-hydrogen) atoms. The summed E-state index contributed by atoms with van der Waals surface area (Å²) >= 11 is 0.943. The van der Waals surface area contributed by atoms with Gasteiger partial charge in [0.05, 0.1) is 12.1 Å². The lowest BCUT2D eigenvalue weighted by atomic mass is 10.2. The molecule has 0 unspecified atom stereocenters. The Morgan fingerprint density at radius 1 is 1.22 bits per heavy atom. The summed E-state index contributed by atoms with van der Waals surface area (Å²) in [6.07, 6.45) is -3.27. The molecule has 1 aromatic carbocycles. The van der Waals surface area contributed by atoms with Gasteiger partial charge in [0.1, 0.15) is 5.69 Å². The van der Waals surface area contributed by atoms with Crippen LogP contribution in [0.15, 0.2) is 44.9 Å². The van der Waals surface area contributed by atoms with E-state index >= 15 is 0 Å². The third-order valence-corrected chi connectivity index (χ3v) is 5.01. The van der Waals surface area contributed by atoms with E-state index in [9.17, 15) is 18.0 Å². The van der Waals surface area contributed by atoms with Gasteiger partial charge in [-0.1, -0.05) is 18.2 Å². The summed E-state index contributed by atoms with van der Waals surface area (Å²) in [5.74, 6) is 0.277. The number of pyridine rings is 1. The second kappa shape index (κ2) is 6.84. The third kappa shape index (κ3) is 3.75. The van der Waals surface area contributed by atoms with Gasteiger partial charge in [0.2, 0.25) is 11.8 Å². The number of hydrogen-bond donors (Lipinski definition) is 0. The Balaban J connectivity index is 1.62. The quantitative estimate of drug-likeness (QED) is 0.668. The standard InChI is InChI=1S/C17H13F3N4O2S/c18-17(19,20)13-8-12(10-4-1-2-5-11(10)21-13)27-16-23-22-14(26-16)9-24-7-3-6-15(24)25/h1-2,4-5,8H,3,6-7,9H2. The lowest BCUT2D eigenvalue weighted by molar-refractivity contribution is -0.141. The number of alkyl halides is 3. The van der Waals surface area contributed by atoms with Gasteiger partial charge < -0.3 is 9.32 Å². The van der Waals surface area contributed by atoms with Crippen molar-refractivity contribution in [3.05, 3.63) is 41.9 Å². The molecule has 3 aromatic rings. The maximum absolute atomic E-state index is 13.1. The molecular weight excluding hydrogens is 381 g/mol. The largest absolute Gasteiger partial charge is 0.433 e. The molecule has 1 saturated heterocycles. The van der Waals surface area contributed by atoms with E-state index < -0.39 is 11.9 Å². The van der Waals surface area contributed by atoms with Crippen LogP contribution in [0.3, 0.4) is 0 Å². The second-order valence-electron chi connectivity index (χ2n) is 6.00. The Morgan fingerprint density at radius 3 is 2.78 bits per heavy atom. The first kappa shape index (κ1) is 17.8. The average molecular weight is 394 g/mol. The smallest absolute Gasteiger partial charge is 0.414 e. The molecule has 0 bridgehead atoms. The maximum atomic E-state index is 13.1. The number of halogens is 3. The van der Waals surface area contributed by atoms with Crippen LogP contribution in [0, 0.1) is 0 Å². The zero-order valence-electron chi connectivity index (χ0n) is 13.9. The summed E-state index contributed by atoms with van der Waals surface area (Å²) in [4.78, 5) is 17.3. The summed E-state index contributed by atoms with van der Waals surface area (Å²) in [6.45, 7) is 0.838. The van der Waals surface area contributed by atoms with E-state index in [1.807, 2.05) is 0 Å². The van der Waals surface area contributed by atoms with Gasteiger partial charge in [-0.05, 0) is 30.3 Å². The Morgan fingerprint density at radius 2 is 2.04 bits per heavy atom. The van der Waals surface area contributed by atoms with Gasteiger partial charge in [-0.15, -0.1) is 10.2 Å². The van der Waals surface area contributed by atoms with Gasteiger partial charge >= 0.3 is 6.18 Å². The van der Waals surface area contributed by atoms with Crippen molar-refractivity contribution in [2.45, 2.75) is 35.7 Å². The number of likely N-dealkylation sites (tertiary alicyclic amines) is 1. The number of amides is 1. The molecule has 1 aliphatic heterocycles. The van der Waals surface area contributed by atoms with E-state index in [4.69, 9.17) is 4.42 Å². The Labute approximate surface area is 155 Å². The maximum Gasteiger partial charge on any atom is 0.433 e. The van der Waals surface area contributed by atoms with Crippen molar-refractivity contribution in [1.82, 2.24) is 20.1 Å². The number of carbonyl (C=O) groups excluding carboxylic acids is 1. The predicted molar refractivity (Wildman–Crippen MR) is 89.8 cm³/mol. The molecule has 1 amide bonds. The van der Waals surface area contributed by atoms with Crippen molar-refractivity contribution in [1.29, 1.82) is 0 Å². The van der Waals surface area contributed by atoms with E-state index in [0.29, 0.717) is 23.2 Å². The van der Waals surface area contributed by atoms with Crippen LogP contribution in [0.25, 0.3) is 10.9 Å². The second-order valence-corrected chi connectivity index (χ2v) is 7.00. The van der Waals surface area contributed by atoms with Crippen molar-refractivity contribution in [2.24, 2.45) is 0 Å². The predicted octanol–water partition coefficient (Wildman–Crippen LogP) is 3.91. The minimum absolute atomic E-state index is 0.0253. The summed E-state index contributed by atoms with van der Waals surface area (Å²) in [5.41, 5.74) is -0.747. The molecule has 0 radical (unpaired) electrons. The highest BCUT2D eigenvalue weighted by atomic mass is 32.2. The third-order valence-electron chi connectivity index (χ3n) is 4.11. The van der Waals surface area contributed by atoms with E-state index in [0.717, 1.165) is 24.2 Å². The zero-order chi connectivity index (χ0) is 19.0. The van der Waals surface area contributed by atoms with Crippen molar-refractivity contribution in [3.8, 4) is 0 Å². The van der Waals surface area contributed by atoms with E-state index in [2.05, 4.69) is 15.2 Å². The fraction of sp³-hybridized carbons (Fsp3) is 0.294. The van der Waals surface area contributed by atoms with Gasteiger partial charge in [0, 0.05) is 23.2 Å². The molecule has 6 nitrogen and oxygen atoms in total. The molecule has 1 fully saturated rings. The number of fused-ring (bicyclic) bond motifs is 1. The molecule has 0 aliphatic carbocycles. The van der Waals surface area contributed by atoms with Crippen molar-refractivity contribution >= 4 is 28.6 Å². The summed E-state index contributed by atoms with van der Waals surface area (Å²) in [6, 6.07) is 7.53.